The van der Waals surface area contributed by atoms with Gasteiger partial charge in [0.15, 0.2) is 5.13 Å². The van der Waals surface area contributed by atoms with Crippen LogP contribution >= 0.6 is 22.9 Å². The fourth-order valence-electron chi connectivity index (χ4n) is 4.21. The molecule has 2 N–H and O–H groups in total. The zero-order chi connectivity index (χ0) is 24.9. The molecular weight excluding hydrogens is 503 g/mol. The van der Waals surface area contributed by atoms with Crippen molar-refractivity contribution in [1.82, 2.24) is 24.8 Å². The Hall–Kier alpha value is -3.08. The molecule has 1 aromatic carbocycles. The Morgan fingerprint density at radius 3 is 2.89 bits per heavy atom. The number of nitrogens with zero attached hydrogens (tertiary/aromatic N) is 4. The number of hydrogen-bond donors (Lipinski definition) is 2. The Labute approximate surface area is 216 Å². The van der Waals surface area contributed by atoms with Gasteiger partial charge in [-0.15, -0.1) is 11.3 Å². The number of ether oxygens (including phenoxy) is 1. The van der Waals surface area contributed by atoms with E-state index in [4.69, 9.17) is 16.3 Å². The fourth-order valence-corrected chi connectivity index (χ4v) is 5.11. The van der Waals surface area contributed by atoms with Crippen molar-refractivity contribution in [3.8, 4) is 17.1 Å². The maximum atomic E-state index is 13.4. The van der Waals surface area contributed by atoms with Gasteiger partial charge in [0.25, 0.3) is 5.56 Å². The normalized spacial score (nSPS) is 13.9. The molecule has 4 aromatic rings. The predicted octanol–water partition coefficient (Wildman–Crippen LogP) is 5.10. The molecule has 0 radical (unpaired) electrons. The van der Waals surface area contributed by atoms with Gasteiger partial charge in [-0.05, 0) is 63.5 Å². The van der Waals surface area contributed by atoms with Crippen LogP contribution in [0, 0.1) is 5.82 Å². The van der Waals surface area contributed by atoms with E-state index in [2.05, 4.69) is 30.2 Å². The number of H-pyrrole nitrogens is 1. The van der Waals surface area contributed by atoms with Crippen LogP contribution < -0.4 is 15.6 Å². The van der Waals surface area contributed by atoms with Crippen LogP contribution in [0.5, 0.6) is 5.75 Å². The number of pyridine rings is 1. The van der Waals surface area contributed by atoms with Crippen molar-refractivity contribution < 1.29 is 9.13 Å². The highest BCUT2D eigenvalue weighted by Crippen LogP contribution is 2.28. The van der Waals surface area contributed by atoms with Crippen LogP contribution in [-0.2, 0) is 6.61 Å². The maximum absolute atomic E-state index is 13.4. The van der Waals surface area contributed by atoms with Crippen LogP contribution in [0.2, 0.25) is 5.02 Å². The lowest BCUT2D eigenvalue weighted by Crippen LogP contribution is -2.20. The maximum Gasteiger partial charge on any atom is 0.258 e. The molecule has 1 aliphatic rings. The summed E-state index contributed by atoms with van der Waals surface area (Å²) in [6.07, 6.45) is 6.47. The van der Waals surface area contributed by atoms with E-state index in [1.807, 2.05) is 5.38 Å². The summed E-state index contributed by atoms with van der Waals surface area (Å²) in [6.45, 7) is 4.45. The fraction of sp³-hybridized carbons (Fsp3) is 0.360. The molecule has 0 bridgehead atoms. The molecule has 0 spiro atoms. The smallest absolute Gasteiger partial charge is 0.258 e. The van der Waals surface area contributed by atoms with Gasteiger partial charge in [0, 0.05) is 24.2 Å². The standard InChI is InChI=1S/C25H26ClFN6O2S/c26-18-13-16(5-6-19(18)27)35-14-21-31-22-17(24(34)32-21)7-9-28-23(22)20-15-36-25(30-20)29-8-1-2-10-33-11-3-4-12-33/h5-7,9,13,15H,1-4,8,10-12,14H2,(H,29,30)(H,31,32,34). The molecule has 1 fully saturated rings. The van der Waals surface area contributed by atoms with Crippen LogP contribution in [0.4, 0.5) is 9.52 Å². The molecule has 0 aliphatic carbocycles. The monoisotopic (exact) mass is 528 g/mol. The molecule has 0 unspecified atom stereocenters. The second kappa shape index (κ2) is 11.3. The number of nitrogens with one attached hydrogen (secondary N) is 2. The summed E-state index contributed by atoms with van der Waals surface area (Å²) in [5.74, 6) is 0.149. The Balaban J connectivity index is 1.27. The second-order valence-corrected chi connectivity index (χ2v) is 9.92. The van der Waals surface area contributed by atoms with E-state index in [1.165, 1.54) is 55.5 Å². The topological polar surface area (TPSA) is 96.0 Å². The third-order valence-electron chi connectivity index (χ3n) is 6.06. The average molecular weight is 529 g/mol. The molecule has 4 heterocycles. The number of likely N-dealkylation sites (tertiary alicyclic amines) is 1. The van der Waals surface area contributed by atoms with Gasteiger partial charge in [-0.1, -0.05) is 11.6 Å². The van der Waals surface area contributed by atoms with E-state index >= 15 is 0 Å². The SMILES string of the molecule is O=c1[nH]c(COc2ccc(F)c(Cl)c2)nc2c(-c3csc(NCCCCN4CCCC4)n3)nccc12. The molecule has 5 rings (SSSR count). The molecule has 1 saturated heterocycles. The highest BCUT2D eigenvalue weighted by Gasteiger charge is 2.15. The third kappa shape index (κ3) is 5.83. The molecule has 1 aliphatic heterocycles. The van der Waals surface area contributed by atoms with Gasteiger partial charge in [0.2, 0.25) is 0 Å². The summed E-state index contributed by atoms with van der Waals surface area (Å²) in [4.78, 5) is 31.7. The lowest BCUT2D eigenvalue weighted by atomic mass is 10.2. The molecule has 8 nitrogen and oxygen atoms in total. The molecular formula is C25H26ClFN6O2S. The summed E-state index contributed by atoms with van der Waals surface area (Å²) < 4.78 is 19.0. The average Bonchev–Trinajstić information content (AvgIpc) is 3.57. The molecule has 3 aromatic heterocycles. The lowest BCUT2D eigenvalue weighted by molar-refractivity contribution is 0.295. The Morgan fingerprint density at radius 1 is 1.19 bits per heavy atom. The van der Waals surface area contributed by atoms with Crippen molar-refractivity contribution in [2.24, 2.45) is 0 Å². The van der Waals surface area contributed by atoms with E-state index in [-0.39, 0.29) is 17.2 Å². The Morgan fingerprint density at radius 2 is 2.06 bits per heavy atom. The third-order valence-corrected chi connectivity index (χ3v) is 7.15. The minimum atomic E-state index is -0.531. The molecule has 188 valence electrons. The zero-order valence-corrected chi connectivity index (χ0v) is 21.2. The number of aromatic amines is 1. The van der Waals surface area contributed by atoms with E-state index in [9.17, 15) is 9.18 Å². The second-order valence-electron chi connectivity index (χ2n) is 8.65. The Bertz CT molecular complexity index is 1410. The highest BCUT2D eigenvalue weighted by molar-refractivity contribution is 7.14. The van der Waals surface area contributed by atoms with Gasteiger partial charge in [-0.3, -0.25) is 9.78 Å². The molecule has 0 amide bonds. The van der Waals surface area contributed by atoms with Gasteiger partial charge < -0.3 is 19.9 Å². The van der Waals surface area contributed by atoms with Gasteiger partial charge in [0.05, 0.1) is 10.4 Å². The van der Waals surface area contributed by atoms with Crippen molar-refractivity contribution in [2.45, 2.75) is 32.3 Å². The summed E-state index contributed by atoms with van der Waals surface area (Å²) >= 11 is 7.31. The number of unbranched alkanes of at least 4 members (excludes halogenated alkanes) is 1. The first-order valence-electron chi connectivity index (χ1n) is 11.9. The zero-order valence-electron chi connectivity index (χ0n) is 19.6. The minimum Gasteiger partial charge on any atom is -0.486 e. The van der Waals surface area contributed by atoms with E-state index < -0.39 is 5.82 Å². The first-order valence-corrected chi connectivity index (χ1v) is 13.2. The number of aromatic nitrogens is 4. The largest absolute Gasteiger partial charge is 0.486 e. The lowest BCUT2D eigenvalue weighted by Gasteiger charge is -2.13. The van der Waals surface area contributed by atoms with Gasteiger partial charge in [-0.25, -0.2) is 14.4 Å². The van der Waals surface area contributed by atoms with Gasteiger partial charge >= 0.3 is 0 Å². The Kier molecular flexibility index (Phi) is 7.74. The summed E-state index contributed by atoms with van der Waals surface area (Å²) in [7, 11) is 0. The van der Waals surface area contributed by atoms with Crippen LogP contribution in [0.3, 0.4) is 0 Å². The first kappa shape index (κ1) is 24.6. The van der Waals surface area contributed by atoms with Crippen molar-refractivity contribution in [3.05, 3.63) is 62.9 Å². The first-order chi connectivity index (χ1) is 17.6. The number of fused-ring (bicyclic) bond motifs is 1. The summed E-state index contributed by atoms with van der Waals surface area (Å²) in [6, 6.07) is 5.68. The highest BCUT2D eigenvalue weighted by atomic mass is 35.5. The van der Waals surface area contributed by atoms with Crippen LogP contribution in [-0.4, -0.2) is 51.0 Å². The molecule has 0 saturated carbocycles. The molecule has 36 heavy (non-hydrogen) atoms. The van der Waals surface area contributed by atoms with Crippen LogP contribution in [0.15, 0.2) is 40.6 Å². The van der Waals surface area contributed by atoms with Crippen molar-refractivity contribution in [3.63, 3.8) is 0 Å². The number of anilines is 1. The van der Waals surface area contributed by atoms with Crippen LogP contribution in [0.25, 0.3) is 22.3 Å². The number of rotatable bonds is 10. The minimum absolute atomic E-state index is 0.0250. The van der Waals surface area contributed by atoms with Crippen molar-refractivity contribution >= 4 is 39.0 Å². The van der Waals surface area contributed by atoms with E-state index in [0.717, 1.165) is 31.1 Å². The number of halogens is 2. The van der Waals surface area contributed by atoms with E-state index in [1.54, 1.807) is 12.3 Å². The molecule has 0 atom stereocenters. The molecule has 11 heteroatoms. The number of thiazole rings is 1. The number of benzene rings is 1. The van der Waals surface area contributed by atoms with Crippen molar-refractivity contribution in [1.29, 1.82) is 0 Å². The summed E-state index contributed by atoms with van der Waals surface area (Å²) in [5.41, 5.74) is 1.33. The van der Waals surface area contributed by atoms with E-state index in [0.29, 0.717) is 33.9 Å². The van der Waals surface area contributed by atoms with Crippen molar-refractivity contribution in [2.75, 3.05) is 31.5 Å². The van der Waals surface area contributed by atoms with Crippen LogP contribution in [0.1, 0.15) is 31.5 Å². The summed E-state index contributed by atoms with van der Waals surface area (Å²) in [5, 5.41) is 6.49. The van der Waals surface area contributed by atoms with Gasteiger partial charge in [-0.2, -0.15) is 0 Å². The van der Waals surface area contributed by atoms with Gasteiger partial charge in [0.1, 0.15) is 40.9 Å². The number of hydrogen-bond acceptors (Lipinski definition) is 8. The quantitative estimate of drug-likeness (QED) is 0.276. The predicted molar refractivity (Wildman–Crippen MR) is 140 cm³/mol.